The molecule has 0 unspecified atom stereocenters. The van der Waals surface area contributed by atoms with E-state index >= 15 is 0 Å². The van der Waals surface area contributed by atoms with E-state index in [0.717, 1.165) is 32.0 Å². The zero-order valence-electron chi connectivity index (χ0n) is 9.27. The first-order valence-corrected chi connectivity index (χ1v) is 5.65. The van der Waals surface area contributed by atoms with Crippen molar-refractivity contribution in [1.29, 1.82) is 0 Å². The van der Waals surface area contributed by atoms with Crippen LogP contribution in [0, 0.1) is 23.4 Å². The average Bonchev–Trinajstić information content (AvgIpc) is 2.35. The third-order valence-corrected chi connectivity index (χ3v) is 3.18. The van der Waals surface area contributed by atoms with E-state index in [4.69, 9.17) is 0 Å². The second kappa shape index (κ2) is 4.96. The van der Waals surface area contributed by atoms with E-state index in [0.29, 0.717) is 6.42 Å². The SMILES string of the molecule is Oc1c(CC2CCNCC2)cc(F)c(F)c1F. The maximum atomic E-state index is 13.1. The molecule has 17 heavy (non-hydrogen) atoms. The van der Waals surface area contributed by atoms with Gasteiger partial charge >= 0.3 is 0 Å². The molecule has 1 aliphatic rings. The van der Waals surface area contributed by atoms with E-state index in [1.807, 2.05) is 0 Å². The molecular weight excluding hydrogens is 231 g/mol. The van der Waals surface area contributed by atoms with Crippen LogP contribution in [0.3, 0.4) is 0 Å². The number of phenols is 1. The normalized spacial score (nSPS) is 17.4. The second-order valence-corrected chi connectivity index (χ2v) is 4.39. The van der Waals surface area contributed by atoms with E-state index in [1.54, 1.807) is 0 Å². The molecule has 0 amide bonds. The van der Waals surface area contributed by atoms with E-state index in [9.17, 15) is 18.3 Å². The van der Waals surface area contributed by atoms with Gasteiger partial charge in [0.1, 0.15) is 0 Å². The Labute approximate surface area is 97.5 Å². The van der Waals surface area contributed by atoms with Crippen LogP contribution < -0.4 is 5.32 Å². The number of nitrogens with one attached hydrogen (secondary N) is 1. The van der Waals surface area contributed by atoms with Crippen LogP contribution in [0.2, 0.25) is 0 Å². The van der Waals surface area contributed by atoms with Crippen LogP contribution >= 0.6 is 0 Å². The third kappa shape index (κ3) is 2.54. The molecule has 5 heteroatoms. The van der Waals surface area contributed by atoms with Gasteiger partial charge in [-0.1, -0.05) is 0 Å². The molecule has 0 saturated carbocycles. The lowest BCUT2D eigenvalue weighted by atomic mass is 9.90. The molecule has 2 rings (SSSR count). The van der Waals surface area contributed by atoms with Gasteiger partial charge in [0.25, 0.3) is 0 Å². The Bertz CT molecular complexity index is 417. The molecule has 1 aromatic carbocycles. The topological polar surface area (TPSA) is 32.3 Å². The Kier molecular flexibility index (Phi) is 3.57. The number of halogens is 3. The molecule has 1 saturated heterocycles. The van der Waals surface area contributed by atoms with Crippen molar-refractivity contribution in [3.05, 3.63) is 29.1 Å². The molecule has 0 spiro atoms. The summed E-state index contributed by atoms with van der Waals surface area (Å²) in [4.78, 5) is 0. The van der Waals surface area contributed by atoms with Crippen molar-refractivity contribution >= 4 is 0 Å². The highest BCUT2D eigenvalue weighted by Gasteiger charge is 2.21. The Balaban J connectivity index is 2.20. The van der Waals surface area contributed by atoms with Crippen molar-refractivity contribution in [2.45, 2.75) is 19.3 Å². The summed E-state index contributed by atoms with van der Waals surface area (Å²) in [6.07, 6.45) is 2.15. The third-order valence-electron chi connectivity index (χ3n) is 3.18. The van der Waals surface area contributed by atoms with Crippen molar-refractivity contribution in [2.24, 2.45) is 5.92 Å². The molecule has 1 heterocycles. The summed E-state index contributed by atoms with van der Waals surface area (Å²) in [5, 5.41) is 12.6. The first-order valence-electron chi connectivity index (χ1n) is 5.65. The number of phenolic OH excluding ortho intramolecular Hbond substituents is 1. The molecule has 1 aliphatic heterocycles. The fraction of sp³-hybridized carbons (Fsp3) is 0.500. The van der Waals surface area contributed by atoms with Gasteiger partial charge in [0.05, 0.1) is 0 Å². The molecule has 0 radical (unpaired) electrons. The number of hydrogen-bond acceptors (Lipinski definition) is 2. The molecule has 0 bridgehead atoms. The smallest absolute Gasteiger partial charge is 0.203 e. The standard InChI is InChI=1S/C12H14F3NO/c13-9-6-8(12(17)11(15)10(9)14)5-7-1-3-16-4-2-7/h6-7,16-17H,1-5H2. The lowest BCUT2D eigenvalue weighted by molar-refractivity contribution is 0.351. The Morgan fingerprint density at radius 3 is 2.47 bits per heavy atom. The predicted molar refractivity (Wildman–Crippen MR) is 57.3 cm³/mol. The van der Waals surface area contributed by atoms with Crippen LogP contribution in [0.15, 0.2) is 6.07 Å². The predicted octanol–water partition coefficient (Wildman–Crippen LogP) is 2.35. The van der Waals surface area contributed by atoms with E-state index < -0.39 is 23.2 Å². The van der Waals surface area contributed by atoms with Crippen LogP contribution in [0.1, 0.15) is 18.4 Å². The number of benzene rings is 1. The lowest BCUT2D eigenvalue weighted by Crippen LogP contribution is -2.28. The van der Waals surface area contributed by atoms with Gasteiger partial charge in [0.2, 0.25) is 5.82 Å². The van der Waals surface area contributed by atoms with E-state index in [2.05, 4.69) is 5.32 Å². The highest BCUT2D eigenvalue weighted by Crippen LogP contribution is 2.29. The zero-order chi connectivity index (χ0) is 12.4. The summed E-state index contributed by atoms with van der Waals surface area (Å²) < 4.78 is 39.0. The number of hydrogen-bond donors (Lipinski definition) is 2. The van der Waals surface area contributed by atoms with Crippen molar-refractivity contribution < 1.29 is 18.3 Å². The molecule has 1 aromatic rings. The molecule has 2 N–H and O–H groups in total. The number of aromatic hydroxyl groups is 1. The summed E-state index contributed by atoms with van der Waals surface area (Å²) >= 11 is 0. The monoisotopic (exact) mass is 245 g/mol. The summed E-state index contributed by atoms with van der Waals surface area (Å²) in [5.74, 6) is -4.84. The number of rotatable bonds is 2. The van der Waals surface area contributed by atoms with Crippen LogP contribution in [0.5, 0.6) is 5.75 Å². The first-order chi connectivity index (χ1) is 8.09. The second-order valence-electron chi connectivity index (χ2n) is 4.39. The van der Waals surface area contributed by atoms with Gasteiger partial charge in [-0.3, -0.25) is 0 Å². The largest absolute Gasteiger partial charge is 0.505 e. The van der Waals surface area contributed by atoms with Gasteiger partial charge in [0, 0.05) is 5.56 Å². The lowest BCUT2D eigenvalue weighted by Gasteiger charge is -2.23. The fourth-order valence-corrected chi connectivity index (χ4v) is 2.19. The minimum atomic E-state index is -1.61. The van der Waals surface area contributed by atoms with Crippen molar-refractivity contribution in [3.8, 4) is 5.75 Å². The van der Waals surface area contributed by atoms with Crippen molar-refractivity contribution in [2.75, 3.05) is 13.1 Å². The molecular formula is C12H14F3NO. The molecule has 0 aliphatic carbocycles. The first kappa shape index (κ1) is 12.2. The summed E-state index contributed by atoms with van der Waals surface area (Å²) in [7, 11) is 0. The van der Waals surface area contributed by atoms with Gasteiger partial charge in [-0.2, -0.15) is 4.39 Å². The highest BCUT2D eigenvalue weighted by molar-refractivity contribution is 5.35. The molecule has 0 aromatic heterocycles. The van der Waals surface area contributed by atoms with Gasteiger partial charge in [-0.15, -0.1) is 0 Å². The van der Waals surface area contributed by atoms with E-state index in [1.165, 1.54) is 0 Å². The molecule has 0 atom stereocenters. The zero-order valence-corrected chi connectivity index (χ0v) is 9.27. The Morgan fingerprint density at radius 2 is 1.82 bits per heavy atom. The van der Waals surface area contributed by atoms with Crippen LogP contribution in [-0.4, -0.2) is 18.2 Å². The fourth-order valence-electron chi connectivity index (χ4n) is 2.19. The number of piperidine rings is 1. The molecule has 94 valence electrons. The summed E-state index contributed by atoms with van der Waals surface area (Å²) in [5.41, 5.74) is 0.147. The van der Waals surface area contributed by atoms with Gasteiger partial charge < -0.3 is 10.4 Å². The molecule has 1 fully saturated rings. The average molecular weight is 245 g/mol. The maximum Gasteiger partial charge on any atom is 0.203 e. The minimum Gasteiger partial charge on any atom is -0.505 e. The maximum absolute atomic E-state index is 13.1. The Morgan fingerprint density at radius 1 is 1.18 bits per heavy atom. The quantitative estimate of drug-likeness (QED) is 0.784. The van der Waals surface area contributed by atoms with Gasteiger partial charge in [-0.05, 0) is 44.3 Å². The summed E-state index contributed by atoms with van der Waals surface area (Å²) in [6.45, 7) is 1.72. The Hall–Kier alpha value is -1.23. The highest BCUT2D eigenvalue weighted by atomic mass is 19.2. The van der Waals surface area contributed by atoms with Gasteiger partial charge in [-0.25, -0.2) is 8.78 Å². The van der Waals surface area contributed by atoms with Crippen LogP contribution in [-0.2, 0) is 6.42 Å². The van der Waals surface area contributed by atoms with E-state index in [-0.39, 0.29) is 11.5 Å². The van der Waals surface area contributed by atoms with Crippen molar-refractivity contribution in [3.63, 3.8) is 0 Å². The molecule has 2 nitrogen and oxygen atoms in total. The van der Waals surface area contributed by atoms with Crippen LogP contribution in [0.4, 0.5) is 13.2 Å². The van der Waals surface area contributed by atoms with Crippen LogP contribution in [0.25, 0.3) is 0 Å². The van der Waals surface area contributed by atoms with Gasteiger partial charge in [0.15, 0.2) is 17.4 Å². The summed E-state index contributed by atoms with van der Waals surface area (Å²) in [6, 6.07) is 0.885. The van der Waals surface area contributed by atoms with Crippen molar-refractivity contribution in [1.82, 2.24) is 5.32 Å². The minimum absolute atomic E-state index is 0.147.